The van der Waals surface area contributed by atoms with Gasteiger partial charge in [0.25, 0.3) is 5.56 Å². The highest BCUT2D eigenvalue weighted by atomic mass is 35.5. The smallest absolute Gasteiger partial charge is 0.260 e. The van der Waals surface area contributed by atoms with Crippen molar-refractivity contribution in [3.63, 3.8) is 0 Å². The van der Waals surface area contributed by atoms with Crippen molar-refractivity contribution in [1.82, 2.24) is 9.97 Å². The van der Waals surface area contributed by atoms with E-state index in [9.17, 15) is 4.79 Å². The van der Waals surface area contributed by atoms with Gasteiger partial charge in [0.15, 0.2) is 5.16 Å². The third-order valence-corrected chi connectivity index (χ3v) is 8.03. The first-order chi connectivity index (χ1) is 16.2. The lowest BCUT2D eigenvalue weighted by Gasteiger charge is -2.16. The minimum atomic E-state index is -0.0532. The summed E-state index contributed by atoms with van der Waals surface area (Å²) >= 11 is 9.02. The molecule has 0 aliphatic heterocycles. The van der Waals surface area contributed by atoms with Crippen molar-refractivity contribution in [1.29, 1.82) is 0 Å². The second kappa shape index (κ2) is 10.3. The second-order valence-electron chi connectivity index (χ2n) is 8.25. The highest BCUT2D eigenvalue weighted by Gasteiger charge is 2.16. The maximum Gasteiger partial charge on any atom is 0.260 e. The fraction of sp³-hybridized carbons (Fsp3) is 0.308. The van der Waals surface area contributed by atoms with Crippen LogP contribution in [0.3, 0.4) is 0 Å². The van der Waals surface area contributed by atoms with Crippen molar-refractivity contribution in [3.8, 4) is 16.9 Å². The Bertz CT molecular complexity index is 1310. The van der Waals surface area contributed by atoms with Crippen LogP contribution in [0.5, 0.6) is 5.75 Å². The summed E-state index contributed by atoms with van der Waals surface area (Å²) in [6, 6.07) is 14.1. The number of rotatable bonds is 8. The number of ether oxygens (including phenoxy) is 1. The van der Waals surface area contributed by atoms with E-state index in [2.05, 4.69) is 28.6 Å². The lowest BCUT2D eigenvalue weighted by Crippen LogP contribution is -2.09. The van der Waals surface area contributed by atoms with Gasteiger partial charge < -0.3 is 9.72 Å². The average Bonchev–Trinajstić information content (AvgIpc) is 3.27. The number of nitrogens with one attached hydrogen (secondary N) is 1. The van der Waals surface area contributed by atoms with Gasteiger partial charge in [-0.15, -0.1) is 11.3 Å². The Morgan fingerprint density at radius 1 is 1.06 bits per heavy atom. The van der Waals surface area contributed by atoms with Gasteiger partial charge in [0, 0.05) is 21.7 Å². The van der Waals surface area contributed by atoms with E-state index in [4.69, 9.17) is 21.3 Å². The number of H-pyrrole nitrogens is 1. The van der Waals surface area contributed by atoms with E-state index in [1.165, 1.54) is 24.0 Å². The quantitative estimate of drug-likeness (QED) is 0.160. The molecule has 2 aromatic heterocycles. The third-order valence-electron chi connectivity index (χ3n) is 5.94. The number of nitrogens with zero attached hydrogens (tertiary/aromatic N) is 1. The van der Waals surface area contributed by atoms with Gasteiger partial charge in [0.05, 0.1) is 12.0 Å². The van der Waals surface area contributed by atoms with Crippen molar-refractivity contribution in [2.75, 3.05) is 12.4 Å². The number of aromatic amines is 1. The summed E-state index contributed by atoms with van der Waals surface area (Å²) < 4.78 is 5.73. The molecule has 0 unspecified atom stereocenters. The van der Waals surface area contributed by atoms with Gasteiger partial charge >= 0.3 is 0 Å². The van der Waals surface area contributed by atoms with Gasteiger partial charge in [-0.25, -0.2) is 4.98 Å². The molecule has 0 radical (unpaired) electrons. The molecule has 1 aliphatic rings. The van der Waals surface area contributed by atoms with Crippen LogP contribution in [0.2, 0.25) is 5.02 Å². The molecule has 4 aromatic rings. The molecule has 1 aliphatic carbocycles. The predicted octanol–water partition coefficient (Wildman–Crippen LogP) is 7.14. The summed E-state index contributed by atoms with van der Waals surface area (Å²) in [6.07, 6.45) is 6.72. The first-order valence-corrected chi connectivity index (χ1v) is 13.6. The molecule has 4 nitrogen and oxygen atoms in total. The minimum absolute atomic E-state index is 0.0532. The normalized spacial score (nSPS) is 13.2. The standard InChI is InChI=1S/C26H25ClN2O2S2/c27-20-9-11-21(12-10-20)31-13-3-4-14-32-26-28-24(30)23-22(16-33-25(23)29-26)19-8-7-17-5-1-2-6-18(17)15-19/h7-12,15-16H,1-6,13-14H2,(H,28,29,30). The molecule has 5 rings (SSSR count). The van der Waals surface area contributed by atoms with E-state index in [1.54, 1.807) is 23.1 Å². The summed E-state index contributed by atoms with van der Waals surface area (Å²) in [5.74, 6) is 1.71. The summed E-state index contributed by atoms with van der Waals surface area (Å²) in [5, 5.41) is 4.17. The molecule has 33 heavy (non-hydrogen) atoms. The largest absolute Gasteiger partial charge is 0.494 e. The molecule has 170 valence electrons. The third kappa shape index (κ3) is 5.29. The number of thioether (sulfide) groups is 1. The zero-order valence-corrected chi connectivity index (χ0v) is 20.6. The van der Waals surface area contributed by atoms with E-state index in [-0.39, 0.29) is 5.56 Å². The average molecular weight is 497 g/mol. The molecule has 7 heteroatoms. The number of benzene rings is 2. The molecule has 0 saturated carbocycles. The monoisotopic (exact) mass is 496 g/mol. The van der Waals surface area contributed by atoms with Crippen LogP contribution in [0.4, 0.5) is 0 Å². The Labute approximate surface area is 206 Å². The van der Waals surface area contributed by atoms with Gasteiger partial charge in [-0.1, -0.05) is 41.6 Å². The summed E-state index contributed by atoms with van der Waals surface area (Å²) in [4.78, 5) is 21.4. The molecular formula is C26H25ClN2O2S2. The number of fused-ring (bicyclic) bond motifs is 2. The second-order valence-corrected chi connectivity index (χ2v) is 10.6. The molecule has 2 aromatic carbocycles. The van der Waals surface area contributed by atoms with Crippen LogP contribution in [0.15, 0.2) is 57.8 Å². The molecule has 2 heterocycles. The molecule has 0 amide bonds. The number of halogens is 1. The first kappa shape index (κ1) is 22.5. The van der Waals surface area contributed by atoms with Crippen LogP contribution >= 0.6 is 34.7 Å². The summed E-state index contributed by atoms with van der Waals surface area (Å²) in [5.41, 5.74) is 4.94. The topological polar surface area (TPSA) is 55.0 Å². The summed E-state index contributed by atoms with van der Waals surface area (Å²) in [7, 11) is 0. The minimum Gasteiger partial charge on any atom is -0.494 e. The van der Waals surface area contributed by atoms with E-state index in [0.29, 0.717) is 22.2 Å². The van der Waals surface area contributed by atoms with Crippen molar-refractivity contribution in [2.24, 2.45) is 0 Å². The van der Waals surface area contributed by atoms with Crippen molar-refractivity contribution < 1.29 is 4.74 Å². The number of aromatic nitrogens is 2. The molecule has 0 bridgehead atoms. The zero-order valence-electron chi connectivity index (χ0n) is 18.2. The molecule has 0 fully saturated rings. The van der Waals surface area contributed by atoms with Crippen LogP contribution in [-0.4, -0.2) is 22.3 Å². The first-order valence-electron chi connectivity index (χ1n) is 11.3. The molecule has 1 N–H and O–H groups in total. The van der Waals surface area contributed by atoms with Crippen molar-refractivity contribution in [3.05, 3.63) is 74.3 Å². The highest BCUT2D eigenvalue weighted by molar-refractivity contribution is 7.99. The van der Waals surface area contributed by atoms with Gasteiger partial charge in [-0.05, 0) is 79.5 Å². The number of unbranched alkanes of at least 4 members (excludes halogenated alkanes) is 1. The lowest BCUT2D eigenvalue weighted by molar-refractivity contribution is 0.310. The lowest BCUT2D eigenvalue weighted by atomic mass is 9.89. The van der Waals surface area contributed by atoms with Gasteiger partial charge in [0.2, 0.25) is 0 Å². The Balaban J connectivity index is 1.20. The fourth-order valence-electron chi connectivity index (χ4n) is 4.20. The van der Waals surface area contributed by atoms with E-state index >= 15 is 0 Å². The SMILES string of the molecule is O=c1[nH]c(SCCCCOc2ccc(Cl)cc2)nc2scc(-c3ccc4c(c3)CCCC4)c12. The maximum absolute atomic E-state index is 12.9. The molecule has 0 saturated heterocycles. The Morgan fingerprint density at radius 2 is 1.88 bits per heavy atom. The van der Waals surface area contributed by atoms with Crippen LogP contribution in [0.25, 0.3) is 21.3 Å². The molecular weight excluding hydrogens is 472 g/mol. The van der Waals surface area contributed by atoms with E-state index in [1.807, 2.05) is 24.3 Å². The van der Waals surface area contributed by atoms with Crippen LogP contribution in [0.1, 0.15) is 36.8 Å². The highest BCUT2D eigenvalue weighted by Crippen LogP contribution is 2.34. The predicted molar refractivity (Wildman–Crippen MR) is 139 cm³/mol. The van der Waals surface area contributed by atoms with Crippen molar-refractivity contribution >= 4 is 44.9 Å². The number of thiophene rings is 1. The zero-order chi connectivity index (χ0) is 22.6. The molecule has 0 spiro atoms. The van der Waals surface area contributed by atoms with Crippen molar-refractivity contribution in [2.45, 2.75) is 43.7 Å². The van der Waals surface area contributed by atoms with Gasteiger partial charge in [-0.3, -0.25) is 4.79 Å². The Hall–Kier alpha value is -2.28. The van der Waals surface area contributed by atoms with Crippen LogP contribution in [-0.2, 0) is 12.8 Å². The van der Waals surface area contributed by atoms with Crippen LogP contribution in [0, 0.1) is 0 Å². The van der Waals surface area contributed by atoms with E-state index in [0.717, 1.165) is 53.1 Å². The molecule has 0 atom stereocenters. The van der Waals surface area contributed by atoms with E-state index < -0.39 is 0 Å². The Kier molecular flexibility index (Phi) is 7.04. The number of hydrogen-bond donors (Lipinski definition) is 1. The van der Waals surface area contributed by atoms with Gasteiger partial charge in [-0.2, -0.15) is 0 Å². The fourth-order valence-corrected chi connectivity index (χ4v) is 6.20. The van der Waals surface area contributed by atoms with Crippen LogP contribution < -0.4 is 10.3 Å². The number of hydrogen-bond acceptors (Lipinski definition) is 5. The summed E-state index contributed by atoms with van der Waals surface area (Å²) in [6.45, 7) is 0.653. The van der Waals surface area contributed by atoms with Gasteiger partial charge in [0.1, 0.15) is 10.6 Å². The number of aryl methyl sites for hydroxylation is 2. The Morgan fingerprint density at radius 3 is 2.73 bits per heavy atom. The maximum atomic E-state index is 12.9.